The number of hydrogen-bond acceptors (Lipinski definition) is 5. The van der Waals surface area contributed by atoms with Gasteiger partial charge in [-0.05, 0) is 42.2 Å². The molecule has 2 N–H and O–H groups in total. The van der Waals surface area contributed by atoms with Crippen LogP contribution in [0.1, 0.15) is 39.5 Å². The molecular weight excluding hydrogens is 370 g/mol. The Hall–Kier alpha value is -2.15. The molecule has 0 fully saturated rings. The molecule has 1 amide bonds. The van der Waals surface area contributed by atoms with Gasteiger partial charge in [0.2, 0.25) is 0 Å². The molecule has 0 saturated heterocycles. The predicted octanol–water partition coefficient (Wildman–Crippen LogP) is 3.99. The van der Waals surface area contributed by atoms with Crippen molar-refractivity contribution in [2.75, 3.05) is 11.4 Å². The first-order chi connectivity index (χ1) is 12.6. The van der Waals surface area contributed by atoms with Gasteiger partial charge in [-0.25, -0.2) is 10.5 Å². The molecule has 1 atom stereocenters. The van der Waals surface area contributed by atoms with Crippen LogP contribution in [-0.2, 0) is 13.0 Å². The Morgan fingerprint density at radius 3 is 3.08 bits per heavy atom. The first-order valence-electron chi connectivity index (χ1n) is 8.43. The molecule has 2 heterocycles. The standard InChI is InChI=1S/C19H18ClN3O2S/c20-16-3-1-2-13(9-16)17-11-26-19(21-17)23-7-6-12-8-14(18(24)22-25)4-5-15(12)10-23/h1-5,8,11,13,25H,6-7,9-10H2,(H,22,24). The number of nitrogens with zero attached hydrogens (tertiary/aromatic N) is 2. The Bertz CT molecular complexity index is 906. The minimum Gasteiger partial charge on any atom is -0.343 e. The predicted molar refractivity (Wildman–Crippen MR) is 103 cm³/mol. The Labute approximate surface area is 160 Å². The van der Waals surface area contributed by atoms with Crippen molar-refractivity contribution in [2.45, 2.75) is 25.3 Å². The molecular formula is C19H18ClN3O2S. The number of allylic oxidation sites excluding steroid dienone is 4. The van der Waals surface area contributed by atoms with Crippen molar-refractivity contribution in [1.82, 2.24) is 10.5 Å². The fourth-order valence-electron chi connectivity index (χ4n) is 3.36. The van der Waals surface area contributed by atoms with Gasteiger partial charge in [-0.2, -0.15) is 0 Å². The van der Waals surface area contributed by atoms with Crippen molar-refractivity contribution < 1.29 is 10.0 Å². The molecule has 2 aromatic rings. The molecule has 0 radical (unpaired) electrons. The molecule has 1 aromatic heterocycles. The number of hydrogen-bond donors (Lipinski definition) is 2. The van der Waals surface area contributed by atoms with Gasteiger partial charge >= 0.3 is 0 Å². The molecule has 1 aromatic carbocycles. The maximum Gasteiger partial charge on any atom is 0.274 e. The first-order valence-corrected chi connectivity index (χ1v) is 9.69. The van der Waals surface area contributed by atoms with Crippen LogP contribution < -0.4 is 10.4 Å². The SMILES string of the molecule is O=C(NO)c1ccc2c(c1)CCN(c1nc(C3C=CC=C(Cl)C3)cs1)C2. The van der Waals surface area contributed by atoms with E-state index in [1.165, 1.54) is 5.56 Å². The fourth-order valence-corrected chi connectivity index (χ4v) is 4.51. The summed E-state index contributed by atoms with van der Waals surface area (Å²) in [6.07, 6.45) is 7.71. The van der Waals surface area contributed by atoms with Crippen LogP contribution in [0.25, 0.3) is 0 Å². The van der Waals surface area contributed by atoms with Gasteiger partial charge in [0.05, 0.1) is 5.69 Å². The lowest BCUT2D eigenvalue weighted by Gasteiger charge is -2.28. The van der Waals surface area contributed by atoms with Crippen LogP contribution in [-0.4, -0.2) is 22.6 Å². The van der Waals surface area contributed by atoms with E-state index in [2.05, 4.69) is 16.4 Å². The minimum absolute atomic E-state index is 0.245. The third-order valence-electron chi connectivity index (χ3n) is 4.78. The highest BCUT2D eigenvalue weighted by atomic mass is 35.5. The Morgan fingerprint density at radius 1 is 1.38 bits per heavy atom. The molecule has 1 aliphatic carbocycles. The van der Waals surface area contributed by atoms with Gasteiger partial charge in [0.1, 0.15) is 0 Å². The molecule has 7 heteroatoms. The average Bonchev–Trinajstić information content (AvgIpc) is 3.17. The Morgan fingerprint density at radius 2 is 2.27 bits per heavy atom. The highest BCUT2D eigenvalue weighted by molar-refractivity contribution is 7.13. The molecule has 26 heavy (non-hydrogen) atoms. The van der Waals surface area contributed by atoms with E-state index in [0.717, 1.165) is 47.4 Å². The maximum absolute atomic E-state index is 11.6. The van der Waals surface area contributed by atoms with Gasteiger partial charge in [-0.1, -0.05) is 29.8 Å². The number of carbonyl (C=O) groups excluding carboxylic acids is 1. The molecule has 0 spiro atoms. The molecule has 5 nitrogen and oxygen atoms in total. The number of rotatable bonds is 3. The van der Waals surface area contributed by atoms with Crippen molar-refractivity contribution in [3.63, 3.8) is 0 Å². The molecule has 134 valence electrons. The third kappa shape index (κ3) is 3.40. The lowest BCUT2D eigenvalue weighted by Crippen LogP contribution is -2.30. The van der Waals surface area contributed by atoms with Crippen LogP contribution in [0, 0.1) is 0 Å². The van der Waals surface area contributed by atoms with Crippen molar-refractivity contribution in [1.29, 1.82) is 0 Å². The second kappa shape index (κ2) is 7.23. The van der Waals surface area contributed by atoms with Crippen LogP contribution in [0.15, 0.2) is 46.8 Å². The van der Waals surface area contributed by atoms with Crippen LogP contribution >= 0.6 is 22.9 Å². The van der Waals surface area contributed by atoms with E-state index in [-0.39, 0.29) is 5.92 Å². The Kier molecular flexibility index (Phi) is 4.80. The first kappa shape index (κ1) is 17.3. The summed E-state index contributed by atoms with van der Waals surface area (Å²) in [4.78, 5) is 18.7. The number of thiazole rings is 1. The van der Waals surface area contributed by atoms with Gasteiger partial charge in [-0.3, -0.25) is 10.0 Å². The van der Waals surface area contributed by atoms with Gasteiger partial charge in [0, 0.05) is 35.0 Å². The Balaban J connectivity index is 1.50. The summed E-state index contributed by atoms with van der Waals surface area (Å²) in [7, 11) is 0. The van der Waals surface area contributed by atoms with Crippen molar-refractivity contribution in [2.24, 2.45) is 0 Å². The zero-order valence-electron chi connectivity index (χ0n) is 14.0. The average molecular weight is 388 g/mol. The highest BCUT2D eigenvalue weighted by Gasteiger charge is 2.22. The zero-order chi connectivity index (χ0) is 18.1. The smallest absolute Gasteiger partial charge is 0.274 e. The number of aromatic nitrogens is 1. The van der Waals surface area contributed by atoms with E-state index in [1.807, 2.05) is 24.3 Å². The summed E-state index contributed by atoms with van der Waals surface area (Å²) < 4.78 is 0. The summed E-state index contributed by atoms with van der Waals surface area (Å²) in [5.41, 5.74) is 5.55. The highest BCUT2D eigenvalue weighted by Crippen LogP contribution is 2.34. The monoisotopic (exact) mass is 387 g/mol. The van der Waals surface area contributed by atoms with E-state index in [1.54, 1.807) is 22.9 Å². The van der Waals surface area contributed by atoms with E-state index < -0.39 is 5.91 Å². The lowest BCUT2D eigenvalue weighted by molar-refractivity contribution is 0.0706. The summed E-state index contributed by atoms with van der Waals surface area (Å²) in [5.74, 6) is -0.234. The van der Waals surface area contributed by atoms with Crippen LogP contribution in [0.4, 0.5) is 5.13 Å². The van der Waals surface area contributed by atoms with Crippen molar-refractivity contribution >= 4 is 34.0 Å². The maximum atomic E-state index is 11.6. The van der Waals surface area contributed by atoms with Gasteiger partial charge in [0.15, 0.2) is 5.13 Å². The third-order valence-corrected chi connectivity index (χ3v) is 5.98. The molecule has 4 rings (SSSR count). The number of nitrogens with one attached hydrogen (secondary N) is 1. The number of amides is 1. The quantitative estimate of drug-likeness (QED) is 0.617. The summed E-state index contributed by atoms with van der Waals surface area (Å²) in [6.45, 7) is 1.62. The van der Waals surface area contributed by atoms with Gasteiger partial charge in [0.25, 0.3) is 5.91 Å². The molecule has 1 aliphatic heterocycles. The summed E-state index contributed by atoms with van der Waals surface area (Å²) in [6, 6.07) is 5.55. The number of halogens is 1. The number of fused-ring (bicyclic) bond motifs is 1. The van der Waals surface area contributed by atoms with E-state index in [0.29, 0.717) is 5.56 Å². The second-order valence-electron chi connectivity index (χ2n) is 6.46. The second-order valence-corrected chi connectivity index (χ2v) is 7.78. The summed E-state index contributed by atoms with van der Waals surface area (Å²) in [5, 5.41) is 12.8. The molecule has 1 unspecified atom stereocenters. The normalized spacial score (nSPS) is 19.1. The van der Waals surface area contributed by atoms with Gasteiger partial charge in [-0.15, -0.1) is 11.3 Å². The van der Waals surface area contributed by atoms with Gasteiger partial charge < -0.3 is 4.90 Å². The van der Waals surface area contributed by atoms with Crippen molar-refractivity contribution in [3.05, 3.63) is 69.2 Å². The zero-order valence-corrected chi connectivity index (χ0v) is 15.6. The lowest BCUT2D eigenvalue weighted by atomic mass is 9.97. The van der Waals surface area contributed by atoms with E-state index in [4.69, 9.17) is 21.8 Å². The number of carbonyl (C=O) groups is 1. The van der Waals surface area contributed by atoms with Crippen LogP contribution in [0.5, 0.6) is 0 Å². The number of anilines is 1. The van der Waals surface area contributed by atoms with E-state index in [9.17, 15) is 4.79 Å². The molecule has 0 saturated carbocycles. The van der Waals surface area contributed by atoms with Crippen LogP contribution in [0.2, 0.25) is 0 Å². The summed E-state index contributed by atoms with van der Waals surface area (Å²) >= 11 is 7.81. The number of hydroxylamine groups is 1. The topological polar surface area (TPSA) is 65.5 Å². The van der Waals surface area contributed by atoms with E-state index >= 15 is 0 Å². The largest absolute Gasteiger partial charge is 0.343 e. The fraction of sp³-hybridized carbons (Fsp3) is 0.263. The number of benzene rings is 1. The molecule has 2 aliphatic rings. The van der Waals surface area contributed by atoms with Crippen LogP contribution in [0.3, 0.4) is 0 Å². The van der Waals surface area contributed by atoms with Crippen molar-refractivity contribution in [3.8, 4) is 0 Å². The molecule has 0 bridgehead atoms. The minimum atomic E-state index is -0.479.